The van der Waals surface area contributed by atoms with Crippen molar-refractivity contribution >= 4 is 5.69 Å². The van der Waals surface area contributed by atoms with E-state index in [1.165, 1.54) is 11.3 Å². The zero-order valence-electron chi connectivity index (χ0n) is 11.5. The summed E-state index contributed by atoms with van der Waals surface area (Å²) in [4.78, 5) is 2.48. The van der Waals surface area contributed by atoms with E-state index in [1.807, 2.05) is 0 Å². The van der Waals surface area contributed by atoms with Gasteiger partial charge in [0.2, 0.25) is 0 Å². The van der Waals surface area contributed by atoms with E-state index in [0.717, 1.165) is 32.5 Å². The molecule has 1 aromatic carbocycles. The van der Waals surface area contributed by atoms with Gasteiger partial charge in [-0.05, 0) is 31.0 Å². The lowest BCUT2D eigenvalue weighted by Crippen LogP contribution is -2.30. The number of anilines is 1. The van der Waals surface area contributed by atoms with Crippen LogP contribution in [0, 0.1) is 0 Å². The molecule has 18 heavy (non-hydrogen) atoms. The van der Waals surface area contributed by atoms with E-state index in [2.05, 4.69) is 60.5 Å². The number of nitrogens with zero attached hydrogens (tertiary/aromatic N) is 1. The summed E-state index contributed by atoms with van der Waals surface area (Å²) in [6.45, 7) is 7.62. The average Bonchev–Trinajstić information content (AvgIpc) is 2.46. The third-order valence-electron chi connectivity index (χ3n) is 3.57. The molecule has 0 saturated carbocycles. The number of benzene rings is 1. The number of rotatable bonds is 5. The van der Waals surface area contributed by atoms with E-state index >= 15 is 0 Å². The predicted molar refractivity (Wildman–Crippen MR) is 79.1 cm³/mol. The standard InChI is InChI=1S/C16H24N2/c1-3-15(17-4-2)14-10-6-7-11-16(14)18-12-8-5-9-13-18/h5-8,10-11,15,17H,3-4,9,12-13H2,1-2H3. The molecule has 0 bridgehead atoms. The minimum Gasteiger partial charge on any atom is -0.367 e. The molecule has 0 aliphatic carbocycles. The Morgan fingerprint density at radius 3 is 2.72 bits per heavy atom. The van der Waals surface area contributed by atoms with Crippen molar-refractivity contribution in [2.24, 2.45) is 0 Å². The molecule has 1 unspecified atom stereocenters. The summed E-state index contributed by atoms with van der Waals surface area (Å²) in [5.74, 6) is 0. The first kappa shape index (κ1) is 13.2. The molecule has 98 valence electrons. The largest absolute Gasteiger partial charge is 0.367 e. The van der Waals surface area contributed by atoms with E-state index < -0.39 is 0 Å². The lowest BCUT2D eigenvalue weighted by atomic mass is 10.0. The monoisotopic (exact) mass is 244 g/mol. The quantitative estimate of drug-likeness (QED) is 0.797. The second-order valence-corrected chi connectivity index (χ2v) is 4.78. The molecule has 2 heteroatoms. The summed E-state index contributed by atoms with van der Waals surface area (Å²) in [5.41, 5.74) is 2.84. The summed E-state index contributed by atoms with van der Waals surface area (Å²) >= 11 is 0. The Hall–Kier alpha value is -1.28. The van der Waals surface area contributed by atoms with Crippen molar-refractivity contribution in [1.29, 1.82) is 0 Å². The van der Waals surface area contributed by atoms with Crippen LogP contribution in [-0.2, 0) is 0 Å². The Balaban J connectivity index is 2.26. The van der Waals surface area contributed by atoms with Crippen molar-refractivity contribution in [2.75, 3.05) is 24.5 Å². The molecule has 1 heterocycles. The Morgan fingerprint density at radius 2 is 2.06 bits per heavy atom. The van der Waals surface area contributed by atoms with Crippen LogP contribution in [0.3, 0.4) is 0 Å². The summed E-state index contributed by atoms with van der Waals surface area (Å²) in [5, 5.41) is 3.58. The van der Waals surface area contributed by atoms with Gasteiger partial charge in [0.25, 0.3) is 0 Å². The van der Waals surface area contributed by atoms with Crippen molar-refractivity contribution in [3.8, 4) is 0 Å². The van der Waals surface area contributed by atoms with E-state index in [4.69, 9.17) is 0 Å². The smallest absolute Gasteiger partial charge is 0.0417 e. The number of hydrogen-bond donors (Lipinski definition) is 1. The molecule has 1 aromatic rings. The topological polar surface area (TPSA) is 15.3 Å². The molecular formula is C16H24N2. The highest BCUT2D eigenvalue weighted by Gasteiger charge is 2.16. The van der Waals surface area contributed by atoms with Gasteiger partial charge in [-0.25, -0.2) is 0 Å². The maximum atomic E-state index is 3.58. The maximum absolute atomic E-state index is 3.58. The van der Waals surface area contributed by atoms with E-state index in [0.29, 0.717) is 6.04 Å². The molecule has 0 aromatic heterocycles. The first-order valence-electron chi connectivity index (χ1n) is 7.09. The van der Waals surface area contributed by atoms with Crippen molar-refractivity contribution in [3.05, 3.63) is 42.0 Å². The number of para-hydroxylation sites is 1. The fourth-order valence-electron chi connectivity index (χ4n) is 2.65. The molecular weight excluding hydrogens is 220 g/mol. The van der Waals surface area contributed by atoms with Crippen LogP contribution in [0.1, 0.15) is 38.3 Å². The molecule has 1 aliphatic rings. The second-order valence-electron chi connectivity index (χ2n) is 4.78. The summed E-state index contributed by atoms with van der Waals surface area (Å²) in [7, 11) is 0. The second kappa shape index (κ2) is 6.60. The van der Waals surface area contributed by atoms with Gasteiger partial charge >= 0.3 is 0 Å². The fraction of sp³-hybridized carbons (Fsp3) is 0.500. The molecule has 1 N–H and O–H groups in total. The van der Waals surface area contributed by atoms with Gasteiger partial charge in [-0.15, -0.1) is 0 Å². The van der Waals surface area contributed by atoms with Gasteiger partial charge < -0.3 is 10.2 Å². The number of hydrogen-bond acceptors (Lipinski definition) is 2. The van der Waals surface area contributed by atoms with Crippen molar-refractivity contribution < 1.29 is 0 Å². The Bertz CT molecular complexity index is 398. The highest BCUT2D eigenvalue weighted by Crippen LogP contribution is 2.29. The summed E-state index contributed by atoms with van der Waals surface area (Å²) < 4.78 is 0. The molecule has 2 nitrogen and oxygen atoms in total. The van der Waals surface area contributed by atoms with Gasteiger partial charge in [-0.1, -0.05) is 44.2 Å². The zero-order chi connectivity index (χ0) is 12.8. The van der Waals surface area contributed by atoms with E-state index in [1.54, 1.807) is 0 Å². The number of nitrogens with one attached hydrogen (secondary N) is 1. The van der Waals surface area contributed by atoms with Crippen LogP contribution in [0.5, 0.6) is 0 Å². The van der Waals surface area contributed by atoms with E-state index in [-0.39, 0.29) is 0 Å². The van der Waals surface area contributed by atoms with Gasteiger partial charge in [-0.3, -0.25) is 0 Å². The van der Waals surface area contributed by atoms with Crippen molar-refractivity contribution in [3.63, 3.8) is 0 Å². The zero-order valence-corrected chi connectivity index (χ0v) is 11.5. The molecule has 0 amide bonds. The predicted octanol–water partition coefficient (Wildman–Crippen LogP) is 3.51. The molecule has 0 fully saturated rings. The van der Waals surface area contributed by atoms with Crippen LogP contribution < -0.4 is 10.2 Å². The minimum absolute atomic E-state index is 0.470. The highest BCUT2D eigenvalue weighted by molar-refractivity contribution is 5.56. The van der Waals surface area contributed by atoms with Gasteiger partial charge in [0.05, 0.1) is 0 Å². The SMILES string of the molecule is CCNC(CC)c1ccccc1N1CC=CCC1. The Labute approximate surface area is 111 Å². The average molecular weight is 244 g/mol. The highest BCUT2D eigenvalue weighted by atomic mass is 15.1. The maximum Gasteiger partial charge on any atom is 0.0417 e. The molecule has 2 rings (SSSR count). The molecule has 1 atom stereocenters. The normalized spacial score (nSPS) is 16.9. The molecule has 0 radical (unpaired) electrons. The van der Waals surface area contributed by atoms with Gasteiger partial charge in [-0.2, -0.15) is 0 Å². The van der Waals surface area contributed by atoms with Crippen LogP contribution in [0.4, 0.5) is 5.69 Å². The van der Waals surface area contributed by atoms with Crippen molar-refractivity contribution in [2.45, 2.75) is 32.7 Å². The van der Waals surface area contributed by atoms with Gasteiger partial charge in [0.15, 0.2) is 0 Å². The third kappa shape index (κ3) is 2.94. The van der Waals surface area contributed by atoms with Crippen LogP contribution >= 0.6 is 0 Å². The van der Waals surface area contributed by atoms with Crippen molar-refractivity contribution in [1.82, 2.24) is 5.32 Å². The van der Waals surface area contributed by atoms with Gasteiger partial charge in [0.1, 0.15) is 0 Å². The molecule has 1 aliphatic heterocycles. The first-order chi connectivity index (χ1) is 8.86. The van der Waals surface area contributed by atoms with Crippen LogP contribution in [0.25, 0.3) is 0 Å². The third-order valence-corrected chi connectivity index (χ3v) is 3.57. The van der Waals surface area contributed by atoms with Gasteiger partial charge in [0, 0.05) is 24.8 Å². The fourth-order valence-corrected chi connectivity index (χ4v) is 2.65. The lowest BCUT2D eigenvalue weighted by Gasteiger charge is -2.30. The first-order valence-corrected chi connectivity index (χ1v) is 7.09. The Kier molecular flexibility index (Phi) is 4.82. The minimum atomic E-state index is 0.470. The van der Waals surface area contributed by atoms with Crippen LogP contribution in [0.15, 0.2) is 36.4 Å². The lowest BCUT2D eigenvalue weighted by molar-refractivity contribution is 0.536. The molecule has 0 saturated heterocycles. The van der Waals surface area contributed by atoms with E-state index in [9.17, 15) is 0 Å². The summed E-state index contributed by atoms with van der Waals surface area (Å²) in [6.07, 6.45) is 6.84. The van der Waals surface area contributed by atoms with Crippen LogP contribution in [-0.4, -0.2) is 19.6 Å². The van der Waals surface area contributed by atoms with Crippen LogP contribution in [0.2, 0.25) is 0 Å². The Morgan fingerprint density at radius 1 is 1.22 bits per heavy atom. The summed E-state index contributed by atoms with van der Waals surface area (Å²) in [6, 6.07) is 9.30. The molecule has 0 spiro atoms.